The molecule has 0 saturated heterocycles. The van der Waals surface area contributed by atoms with Crippen LogP contribution in [0.15, 0.2) is 22.7 Å². The standard InChI is InChI=1S/C17H25BrN2O3/c1-17(2,3)23-16(21)20-13-7-6-12(10-13)19-14-9-11(18)5-8-15(14)22-4/h5,8-9,12-13,19H,6-7,10H2,1-4H3,(H,20,21). The van der Waals surface area contributed by atoms with Crippen molar-refractivity contribution in [3.05, 3.63) is 22.7 Å². The lowest BCUT2D eigenvalue weighted by atomic mass is 10.2. The van der Waals surface area contributed by atoms with Crippen molar-refractivity contribution >= 4 is 27.7 Å². The highest BCUT2D eigenvalue weighted by Crippen LogP contribution is 2.31. The maximum atomic E-state index is 11.8. The lowest BCUT2D eigenvalue weighted by Gasteiger charge is -2.22. The molecule has 1 aliphatic rings. The van der Waals surface area contributed by atoms with Crippen LogP contribution in [-0.4, -0.2) is 30.9 Å². The Bertz CT molecular complexity index is 557. The molecule has 2 unspecified atom stereocenters. The van der Waals surface area contributed by atoms with E-state index in [2.05, 4.69) is 26.6 Å². The Hall–Kier alpha value is -1.43. The van der Waals surface area contributed by atoms with E-state index >= 15 is 0 Å². The highest BCUT2D eigenvalue weighted by molar-refractivity contribution is 9.10. The van der Waals surface area contributed by atoms with Crippen LogP contribution < -0.4 is 15.4 Å². The number of methoxy groups -OCH3 is 1. The largest absolute Gasteiger partial charge is 0.495 e. The van der Waals surface area contributed by atoms with Crippen molar-refractivity contribution in [2.75, 3.05) is 12.4 Å². The smallest absolute Gasteiger partial charge is 0.407 e. The number of carbonyl (C=O) groups excluding carboxylic acids is 1. The Morgan fingerprint density at radius 2 is 1.96 bits per heavy atom. The van der Waals surface area contributed by atoms with Crippen LogP contribution in [0.4, 0.5) is 10.5 Å². The van der Waals surface area contributed by atoms with Crippen molar-refractivity contribution in [2.24, 2.45) is 0 Å². The summed E-state index contributed by atoms with van der Waals surface area (Å²) >= 11 is 3.48. The van der Waals surface area contributed by atoms with Crippen molar-refractivity contribution in [2.45, 2.75) is 57.7 Å². The Morgan fingerprint density at radius 3 is 2.61 bits per heavy atom. The molecule has 1 aromatic rings. The second-order valence-electron chi connectivity index (χ2n) is 6.84. The third kappa shape index (κ3) is 5.61. The first kappa shape index (κ1) is 17.9. The molecular formula is C17H25BrN2O3. The maximum absolute atomic E-state index is 11.8. The van der Waals surface area contributed by atoms with Gasteiger partial charge < -0.3 is 20.1 Å². The normalized spacial score (nSPS) is 20.9. The van der Waals surface area contributed by atoms with Gasteiger partial charge in [0.1, 0.15) is 11.4 Å². The average Bonchev–Trinajstić information content (AvgIpc) is 2.84. The van der Waals surface area contributed by atoms with Crippen molar-refractivity contribution < 1.29 is 14.3 Å². The summed E-state index contributed by atoms with van der Waals surface area (Å²) in [4.78, 5) is 11.8. The first-order chi connectivity index (χ1) is 10.8. The molecule has 128 valence electrons. The molecule has 1 amide bonds. The van der Waals surface area contributed by atoms with Gasteiger partial charge in [-0.3, -0.25) is 0 Å². The number of amides is 1. The number of rotatable bonds is 4. The molecule has 1 fully saturated rings. The van der Waals surface area contributed by atoms with Gasteiger partial charge in [0, 0.05) is 16.6 Å². The van der Waals surface area contributed by atoms with E-state index in [-0.39, 0.29) is 12.1 Å². The highest BCUT2D eigenvalue weighted by Gasteiger charge is 2.28. The van der Waals surface area contributed by atoms with Gasteiger partial charge in [0.15, 0.2) is 0 Å². The van der Waals surface area contributed by atoms with Crippen molar-refractivity contribution in [1.82, 2.24) is 5.32 Å². The van der Waals surface area contributed by atoms with Crippen LogP contribution in [-0.2, 0) is 4.74 Å². The molecule has 23 heavy (non-hydrogen) atoms. The Morgan fingerprint density at radius 1 is 1.26 bits per heavy atom. The zero-order valence-electron chi connectivity index (χ0n) is 14.1. The Kier molecular flexibility index (Phi) is 5.79. The predicted octanol–water partition coefficient (Wildman–Crippen LogP) is 4.32. The maximum Gasteiger partial charge on any atom is 0.407 e. The summed E-state index contributed by atoms with van der Waals surface area (Å²) < 4.78 is 11.7. The van der Waals surface area contributed by atoms with Crippen LogP contribution in [0.1, 0.15) is 40.0 Å². The number of nitrogens with one attached hydrogen (secondary N) is 2. The van der Waals surface area contributed by atoms with Crippen molar-refractivity contribution in [1.29, 1.82) is 0 Å². The third-order valence-electron chi connectivity index (χ3n) is 3.67. The number of carbonyl (C=O) groups is 1. The zero-order valence-corrected chi connectivity index (χ0v) is 15.7. The molecule has 2 rings (SSSR count). The summed E-state index contributed by atoms with van der Waals surface area (Å²) in [6.07, 6.45) is 2.46. The second-order valence-corrected chi connectivity index (χ2v) is 7.76. The van der Waals surface area contributed by atoms with Gasteiger partial charge in [0.2, 0.25) is 0 Å². The van der Waals surface area contributed by atoms with Crippen molar-refractivity contribution in [3.8, 4) is 5.75 Å². The summed E-state index contributed by atoms with van der Waals surface area (Å²) in [5, 5.41) is 6.46. The minimum atomic E-state index is -0.468. The number of alkyl carbamates (subject to hydrolysis) is 1. The summed E-state index contributed by atoms with van der Waals surface area (Å²) in [7, 11) is 1.66. The average molecular weight is 385 g/mol. The van der Waals surface area contributed by atoms with E-state index in [4.69, 9.17) is 9.47 Å². The van der Waals surface area contributed by atoms with E-state index in [0.717, 1.165) is 35.2 Å². The summed E-state index contributed by atoms with van der Waals surface area (Å²) in [6.45, 7) is 5.60. The van der Waals surface area contributed by atoms with Crippen LogP contribution in [0.5, 0.6) is 5.75 Å². The first-order valence-corrected chi connectivity index (χ1v) is 8.66. The number of benzene rings is 1. The quantitative estimate of drug-likeness (QED) is 0.811. The SMILES string of the molecule is COc1ccc(Br)cc1NC1CCC(NC(=O)OC(C)(C)C)C1. The van der Waals surface area contributed by atoms with Crippen LogP contribution in [0.3, 0.4) is 0 Å². The molecule has 1 saturated carbocycles. The van der Waals surface area contributed by atoms with Gasteiger partial charge in [0.25, 0.3) is 0 Å². The molecule has 2 N–H and O–H groups in total. The molecule has 0 aromatic heterocycles. The van der Waals surface area contributed by atoms with E-state index < -0.39 is 5.60 Å². The fraction of sp³-hybridized carbons (Fsp3) is 0.588. The van der Waals surface area contributed by atoms with E-state index in [1.165, 1.54) is 0 Å². The summed E-state index contributed by atoms with van der Waals surface area (Å²) in [6, 6.07) is 6.33. The fourth-order valence-corrected chi connectivity index (χ4v) is 3.09. The minimum Gasteiger partial charge on any atom is -0.495 e. The van der Waals surface area contributed by atoms with Gasteiger partial charge in [0.05, 0.1) is 12.8 Å². The van der Waals surface area contributed by atoms with E-state index in [0.29, 0.717) is 6.04 Å². The van der Waals surface area contributed by atoms with Gasteiger partial charge in [-0.05, 0) is 58.2 Å². The molecule has 0 aliphatic heterocycles. The van der Waals surface area contributed by atoms with Crippen LogP contribution >= 0.6 is 15.9 Å². The van der Waals surface area contributed by atoms with E-state index in [9.17, 15) is 4.79 Å². The topological polar surface area (TPSA) is 59.6 Å². The van der Waals surface area contributed by atoms with Gasteiger partial charge in [-0.25, -0.2) is 4.79 Å². The van der Waals surface area contributed by atoms with E-state index in [1.54, 1.807) is 7.11 Å². The zero-order chi connectivity index (χ0) is 17.0. The molecule has 5 nitrogen and oxygen atoms in total. The number of ether oxygens (including phenoxy) is 2. The van der Waals surface area contributed by atoms with Gasteiger partial charge in [-0.2, -0.15) is 0 Å². The fourth-order valence-electron chi connectivity index (χ4n) is 2.73. The molecule has 0 heterocycles. The summed E-state index contributed by atoms with van der Waals surface area (Å²) in [5.74, 6) is 0.816. The minimum absolute atomic E-state index is 0.139. The molecule has 0 bridgehead atoms. The molecule has 1 aromatic carbocycles. The monoisotopic (exact) mass is 384 g/mol. The summed E-state index contributed by atoms with van der Waals surface area (Å²) in [5.41, 5.74) is 0.495. The van der Waals surface area contributed by atoms with Crippen LogP contribution in [0.2, 0.25) is 0 Å². The predicted molar refractivity (Wildman–Crippen MR) is 95.1 cm³/mol. The molecule has 2 atom stereocenters. The molecule has 1 aliphatic carbocycles. The van der Waals surface area contributed by atoms with Gasteiger partial charge in [-0.1, -0.05) is 15.9 Å². The van der Waals surface area contributed by atoms with Crippen molar-refractivity contribution in [3.63, 3.8) is 0 Å². The van der Waals surface area contributed by atoms with E-state index in [1.807, 2.05) is 39.0 Å². The number of anilines is 1. The van der Waals surface area contributed by atoms with Crippen LogP contribution in [0, 0.1) is 0 Å². The lowest BCUT2D eigenvalue weighted by molar-refractivity contribution is 0.0505. The molecule has 0 radical (unpaired) electrons. The van der Waals surface area contributed by atoms with Crippen LogP contribution in [0.25, 0.3) is 0 Å². The third-order valence-corrected chi connectivity index (χ3v) is 4.17. The lowest BCUT2D eigenvalue weighted by Crippen LogP contribution is -2.38. The van der Waals surface area contributed by atoms with Gasteiger partial charge >= 0.3 is 6.09 Å². The molecule has 6 heteroatoms. The second kappa shape index (κ2) is 7.43. The number of hydrogen-bond donors (Lipinski definition) is 2. The Balaban J connectivity index is 1.88. The number of halogens is 1. The highest BCUT2D eigenvalue weighted by atomic mass is 79.9. The molecule has 0 spiro atoms. The number of hydrogen-bond acceptors (Lipinski definition) is 4. The Labute approximate surface area is 146 Å². The first-order valence-electron chi connectivity index (χ1n) is 7.86. The van der Waals surface area contributed by atoms with Gasteiger partial charge in [-0.15, -0.1) is 0 Å². The molecular weight excluding hydrogens is 360 g/mol.